The van der Waals surface area contributed by atoms with Crippen molar-refractivity contribution in [2.24, 2.45) is 0 Å². The monoisotopic (exact) mass is 415 g/mol. The first-order chi connectivity index (χ1) is 13.0. The highest BCUT2D eigenvalue weighted by Crippen LogP contribution is 2.47. The van der Waals surface area contributed by atoms with Crippen LogP contribution in [0.25, 0.3) is 0 Å². The van der Waals surface area contributed by atoms with E-state index in [0.29, 0.717) is 24.5 Å². The largest absolute Gasteiger partial charge is 0.385 e. The van der Waals surface area contributed by atoms with E-state index >= 15 is 0 Å². The van der Waals surface area contributed by atoms with Gasteiger partial charge >= 0.3 is 0 Å². The molecule has 1 atom stereocenters. The van der Waals surface area contributed by atoms with Crippen LogP contribution in [0.3, 0.4) is 0 Å². The summed E-state index contributed by atoms with van der Waals surface area (Å²) in [5.41, 5.74) is -2.72. The zero-order chi connectivity index (χ0) is 20.7. The number of carbonyl (C=O) groups is 1. The van der Waals surface area contributed by atoms with Crippen LogP contribution in [0.1, 0.15) is 49.3 Å². The van der Waals surface area contributed by atoms with Crippen molar-refractivity contribution < 1.29 is 27.5 Å². The van der Waals surface area contributed by atoms with Gasteiger partial charge in [0.05, 0.1) is 17.6 Å². The van der Waals surface area contributed by atoms with Crippen LogP contribution in [0.15, 0.2) is 36.4 Å². The van der Waals surface area contributed by atoms with Crippen LogP contribution in [-0.4, -0.2) is 11.0 Å². The van der Waals surface area contributed by atoms with E-state index in [9.17, 15) is 27.5 Å². The Morgan fingerprint density at radius 2 is 1.93 bits per heavy atom. The fraction of sp³-hybridized carbons (Fsp3) is 0.350. The molecular weight excluding hydrogens is 398 g/mol. The maximum atomic E-state index is 14.0. The van der Waals surface area contributed by atoms with Gasteiger partial charge < -0.3 is 10.4 Å². The maximum absolute atomic E-state index is 14.0. The molecule has 1 aliphatic rings. The lowest BCUT2D eigenvalue weighted by molar-refractivity contribution is -0.127. The zero-order valence-corrected chi connectivity index (χ0v) is 15.7. The van der Waals surface area contributed by atoms with E-state index in [2.05, 4.69) is 5.32 Å². The van der Waals surface area contributed by atoms with Gasteiger partial charge in [0.2, 0.25) is 5.91 Å². The molecule has 2 aromatic rings. The van der Waals surface area contributed by atoms with E-state index in [1.807, 2.05) is 0 Å². The van der Waals surface area contributed by atoms with Gasteiger partial charge in [-0.15, -0.1) is 0 Å². The van der Waals surface area contributed by atoms with Crippen molar-refractivity contribution >= 4 is 17.5 Å². The summed E-state index contributed by atoms with van der Waals surface area (Å²) in [5.74, 6) is -2.35. The quantitative estimate of drug-likeness (QED) is 0.655. The molecule has 2 aromatic carbocycles. The maximum Gasteiger partial charge on any atom is 0.263 e. The standard InChI is InChI=1S/C20H18ClF4NO2/c1-19(28,15-3-2-14(22)9-16(15)23)10-17(27)26-20(4-5-20)12-6-11(18(24)25)7-13(21)8-12/h2-3,6-9,18,28H,4-5,10H2,1H3,(H,26,27). The first-order valence-corrected chi connectivity index (χ1v) is 8.98. The second-order valence-corrected chi connectivity index (χ2v) is 7.72. The van der Waals surface area contributed by atoms with Gasteiger partial charge in [-0.3, -0.25) is 4.79 Å². The van der Waals surface area contributed by atoms with Crippen LogP contribution in [0, 0.1) is 11.6 Å². The van der Waals surface area contributed by atoms with Crippen LogP contribution in [-0.2, 0) is 15.9 Å². The number of alkyl halides is 2. The lowest BCUT2D eigenvalue weighted by Crippen LogP contribution is -2.39. The highest BCUT2D eigenvalue weighted by molar-refractivity contribution is 6.30. The fourth-order valence-electron chi connectivity index (χ4n) is 3.27. The molecule has 0 aliphatic heterocycles. The minimum absolute atomic E-state index is 0.133. The van der Waals surface area contributed by atoms with E-state index in [4.69, 9.17) is 11.6 Å². The summed E-state index contributed by atoms with van der Waals surface area (Å²) in [5, 5.41) is 13.4. The van der Waals surface area contributed by atoms with E-state index in [1.165, 1.54) is 19.1 Å². The molecule has 0 spiro atoms. The summed E-state index contributed by atoms with van der Waals surface area (Å²) in [4.78, 5) is 12.5. The van der Waals surface area contributed by atoms with Crippen molar-refractivity contribution in [3.05, 3.63) is 69.7 Å². The van der Waals surface area contributed by atoms with Crippen molar-refractivity contribution in [3.8, 4) is 0 Å². The number of benzene rings is 2. The second-order valence-electron chi connectivity index (χ2n) is 7.28. The van der Waals surface area contributed by atoms with Crippen molar-refractivity contribution in [1.29, 1.82) is 0 Å². The molecule has 3 rings (SSSR count). The summed E-state index contributed by atoms with van der Waals surface area (Å²) in [6, 6.07) is 6.67. The number of nitrogens with one attached hydrogen (secondary N) is 1. The number of rotatable bonds is 6. The lowest BCUT2D eigenvalue weighted by Gasteiger charge is -2.26. The number of hydrogen-bond donors (Lipinski definition) is 2. The van der Waals surface area contributed by atoms with Crippen LogP contribution >= 0.6 is 11.6 Å². The third-order valence-electron chi connectivity index (χ3n) is 4.87. The smallest absolute Gasteiger partial charge is 0.263 e. The highest BCUT2D eigenvalue weighted by Gasteiger charge is 2.47. The molecule has 0 saturated heterocycles. The molecule has 0 radical (unpaired) electrons. The Kier molecular flexibility index (Phi) is 5.42. The topological polar surface area (TPSA) is 49.3 Å². The minimum Gasteiger partial charge on any atom is -0.385 e. The third-order valence-corrected chi connectivity index (χ3v) is 5.09. The van der Waals surface area contributed by atoms with Gasteiger partial charge in [-0.25, -0.2) is 17.6 Å². The third kappa shape index (κ3) is 4.31. The zero-order valence-electron chi connectivity index (χ0n) is 14.9. The Bertz CT molecular complexity index is 913. The number of aliphatic hydroxyl groups is 1. The molecule has 1 fully saturated rings. The van der Waals surface area contributed by atoms with E-state index in [1.54, 1.807) is 0 Å². The SMILES string of the molecule is CC(O)(CC(=O)NC1(c2cc(Cl)cc(C(F)F)c2)CC1)c1ccc(F)cc1F. The Hall–Kier alpha value is -2.12. The van der Waals surface area contributed by atoms with Crippen LogP contribution in [0.4, 0.5) is 17.6 Å². The Balaban J connectivity index is 1.77. The molecule has 1 unspecified atom stereocenters. The molecule has 150 valence electrons. The van der Waals surface area contributed by atoms with Crippen LogP contribution < -0.4 is 5.32 Å². The minimum atomic E-state index is -2.70. The fourth-order valence-corrected chi connectivity index (χ4v) is 3.51. The summed E-state index contributed by atoms with van der Waals surface area (Å²) >= 11 is 5.92. The molecule has 1 saturated carbocycles. The Morgan fingerprint density at radius 3 is 2.50 bits per heavy atom. The molecule has 3 nitrogen and oxygen atoms in total. The van der Waals surface area contributed by atoms with Crippen molar-refractivity contribution in [1.82, 2.24) is 5.32 Å². The van der Waals surface area contributed by atoms with Gasteiger partial charge in [-0.2, -0.15) is 0 Å². The molecule has 1 aliphatic carbocycles. The number of hydrogen-bond acceptors (Lipinski definition) is 2. The van der Waals surface area contributed by atoms with Gasteiger partial charge in [0.1, 0.15) is 11.6 Å². The number of carbonyl (C=O) groups excluding carboxylic acids is 1. The number of amides is 1. The average molecular weight is 416 g/mol. The molecule has 0 aromatic heterocycles. The van der Waals surface area contributed by atoms with Gasteiger partial charge in [-0.1, -0.05) is 17.7 Å². The van der Waals surface area contributed by atoms with Crippen LogP contribution in [0.5, 0.6) is 0 Å². The summed E-state index contributed by atoms with van der Waals surface area (Å²) in [6.45, 7) is 1.25. The van der Waals surface area contributed by atoms with Crippen molar-refractivity contribution in [2.75, 3.05) is 0 Å². The molecule has 1 amide bonds. The summed E-state index contributed by atoms with van der Waals surface area (Å²) in [7, 11) is 0. The molecule has 8 heteroatoms. The molecule has 28 heavy (non-hydrogen) atoms. The average Bonchev–Trinajstić information content (AvgIpc) is 3.33. The molecule has 0 bridgehead atoms. The van der Waals surface area contributed by atoms with Crippen LogP contribution in [0.2, 0.25) is 5.02 Å². The van der Waals surface area contributed by atoms with Gasteiger partial charge in [0, 0.05) is 22.2 Å². The summed E-state index contributed by atoms with van der Waals surface area (Å²) < 4.78 is 53.1. The predicted molar refractivity (Wildman–Crippen MR) is 96.0 cm³/mol. The van der Waals surface area contributed by atoms with E-state index < -0.39 is 41.5 Å². The van der Waals surface area contributed by atoms with Gasteiger partial charge in [-0.05, 0) is 49.6 Å². The predicted octanol–water partition coefficient (Wildman–Crippen LogP) is 4.96. The molecule has 2 N–H and O–H groups in total. The first kappa shape index (κ1) is 20.6. The van der Waals surface area contributed by atoms with Gasteiger partial charge in [0.25, 0.3) is 6.43 Å². The molecular formula is C20H18ClF4NO2. The van der Waals surface area contributed by atoms with Gasteiger partial charge in [0.15, 0.2) is 0 Å². The van der Waals surface area contributed by atoms with E-state index in [0.717, 1.165) is 18.2 Å². The van der Waals surface area contributed by atoms with Crippen molar-refractivity contribution in [2.45, 2.75) is 43.8 Å². The normalized spacial score (nSPS) is 17.3. The number of halogens is 5. The van der Waals surface area contributed by atoms with Crippen molar-refractivity contribution in [3.63, 3.8) is 0 Å². The second kappa shape index (κ2) is 7.37. The Morgan fingerprint density at radius 1 is 1.25 bits per heavy atom. The van der Waals surface area contributed by atoms with E-state index in [-0.39, 0.29) is 16.1 Å². The lowest BCUT2D eigenvalue weighted by atomic mass is 9.91. The first-order valence-electron chi connectivity index (χ1n) is 8.60. The highest BCUT2D eigenvalue weighted by atomic mass is 35.5. The summed E-state index contributed by atoms with van der Waals surface area (Å²) in [6.07, 6.45) is -2.14. The Labute approximate surface area is 164 Å². The molecule has 0 heterocycles.